The molecule has 0 unspecified atom stereocenters. The molecular weight excluding hydrogens is 656 g/mol. The Morgan fingerprint density at radius 2 is 0.540 bits per heavy atom. The average Bonchev–Trinajstić information content (AvgIpc) is 3.95. The van der Waals surface area contributed by atoms with Gasteiger partial charge in [0.25, 0.3) is 0 Å². The fourth-order valence-corrected chi connectivity index (χ4v) is 5.46. The van der Waals surface area contributed by atoms with Crippen molar-refractivity contribution in [1.29, 1.82) is 0 Å². The maximum atomic E-state index is 8.25. The van der Waals surface area contributed by atoms with E-state index in [2.05, 4.69) is 0 Å². The van der Waals surface area contributed by atoms with Crippen molar-refractivity contribution in [3.63, 3.8) is 0 Å². The smallest absolute Gasteiger partial charge is 0.0927 e. The third kappa shape index (κ3) is 7.06. The van der Waals surface area contributed by atoms with Crippen LogP contribution < -0.4 is 9.97 Å². The van der Waals surface area contributed by atoms with Gasteiger partial charge in [0, 0.05) is 44.8 Å². The van der Waals surface area contributed by atoms with Crippen LogP contribution in [0.2, 0.25) is 0 Å². The van der Waals surface area contributed by atoms with Crippen LogP contribution in [0.4, 0.5) is 0 Å². The van der Waals surface area contributed by atoms with E-state index in [4.69, 9.17) is 43.2 Å². The van der Waals surface area contributed by atoms with Gasteiger partial charge in [-0.25, -0.2) is 9.97 Å². The van der Waals surface area contributed by atoms with Crippen LogP contribution in [-0.2, 0) is 23.7 Å². The maximum absolute atomic E-state index is 8.25. The van der Waals surface area contributed by atoms with E-state index >= 15 is 0 Å². The molecule has 0 atom stereocenters. The van der Waals surface area contributed by atoms with E-state index in [9.17, 15) is 0 Å². The number of fused-ring (bicyclic) bond motifs is 20. The number of hydrogen-bond donors (Lipinski definition) is 0. The summed E-state index contributed by atoms with van der Waals surface area (Å²) >= 11 is 0.750. The summed E-state index contributed by atoms with van der Waals surface area (Å²) in [4.78, 5) is 39.3. The zero-order valence-electron chi connectivity index (χ0n) is 29.7. The maximum Gasteiger partial charge on any atom is 0.0927 e. The van der Waals surface area contributed by atoms with Crippen LogP contribution in [0.25, 0.3) is 89.7 Å². The molecule has 3 aromatic heterocycles. The average molecular weight is 697 g/mol. The molecule has 9 rings (SSSR count). The van der Waals surface area contributed by atoms with Gasteiger partial charge in [0.05, 0.1) is 23.3 Å². The van der Waals surface area contributed by atoms with Crippen molar-refractivity contribution in [2.45, 2.75) is 55.4 Å². The van der Waals surface area contributed by atoms with Crippen molar-refractivity contribution in [3.05, 3.63) is 97.1 Å². The molecule has 2 aliphatic heterocycles. The number of benzene rings is 4. The third-order valence-corrected chi connectivity index (χ3v) is 7.33. The fraction of sp³-hybridized carbons (Fsp3) is 0.200. The SMILES string of the molecule is CC.CC.CC.CC.[O]=[Ti+2].c1ccc2c(c1)-c1nc-2nc2[n-]c(nc3nc(nc4[n-]c(n1)c1ccccc41)-c1ccccc1-3)c1ccccc21. The number of nitrogens with zero attached hydrogens (tertiary/aromatic N) is 8. The molecule has 2 aliphatic rings. The fourth-order valence-electron chi connectivity index (χ4n) is 5.46. The van der Waals surface area contributed by atoms with Gasteiger partial charge in [0.2, 0.25) is 0 Å². The molecule has 250 valence electrons. The molecule has 7 aromatic rings. The first kappa shape index (κ1) is 37.6. The normalized spacial score (nSPS) is 10.2. The van der Waals surface area contributed by atoms with Crippen LogP contribution in [0.5, 0.6) is 0 Å². The second kappa shape index (κ2) is 17.9. The van der Waals surface area contributed by atoms with Gasteiger partial charge in [-0.15, -0.1) is 0 Å². The van der Waals surface area contributed by atoms with Crippen LogP contribution in [0.15, 0.2) is 97.1 Å². The second-order valence-corrected chi connectivity index (χ2v) is 9.67. The van der Waals surface area contributed by atoms with Crippen molar-refractivity contribution < 1.29 is 23.7 Å². The zero-order chi connectivity index (χ0) is 36.2. The summed E-state index contributed by atoms with van der Waals surface area (Å²) in [6.45, 7) is 16.0. The molecule has 0 N–H and O–H groups in total. The molecule has 0 radical (unpaired) electrons. The zero-order valence-corrected chi connectivity index (χ0v) is 31.3. The molecule has 0 saturated heterocycles. The van der Waals surface area contributed by atoms with Crippen molar-refractivity contribution in [2.75, 3.05) is 0 Å². The molecule has 0 amide bonds. The van der Waals surface area contributed by atoms with Crippen LogP contribution in [0.3, 0.4) is 0 Å². The molecule has 0 saturated carbocycles. The topological polar surface area (TPSA) is 123 Å². The Balaban J connectivity index is 0.000000520. The van der Waals surface area contributed by atoms with Crippen molar-refractivity contribution in [2.24, 2.45) is 0 Å². The molecular formula is C40H40N8OTi. The number of aromatic nitrogens is 8. The van der Waals surface area contributed by atoms with Gasteiger partial charge in [0.1, 0.15) is 0 Å². The first-order chi connectivity index (χ1) is 24.8. The summed E-state index contributed by atoms with van der Waals surface area (Å²) in [5.41, 5.74) is 5.78. The van der Waals surface area contributed by atoms with Gasteiger partial charge in [-0.1, -0.05) is 152 Å². The van der Waals surface area contributed by atoms with Gasteiger partial charge in [0.15, 0.2) is 0 Å². The van der Waals surface area contributed by atoms with Gasteiger partial charge < -0.3 is 29.9 Å². The summed E-state index contributed by atoms with van der Waals surface area (Å²) in [6.07, 6.45) is 0. The minimum Gasteiger partial charge on any atom is -0.357 e. The molecule has 10 heteroatoms. The first-order valence-corrected chi connectivity index (χ1v) is 17.7. The van der Waals surface area contributed by atoms with Gasteiger partial charge >= 0.3 is 23.7 Å². The standard InChI is InChI=1S/C32H16N8.4C2H6.O.Ti/c1-2-10-18-17(9-1)25-33-26(18)38-28-21-13-5-6-14-22(21)30(35-28)40-32-24-16-8-7-15-23(24)31(36-32)39-29-20-12-4-3-11-19(20)27(34-29)37-25;4*1-2;;/h1-16H;4*1-2H3;;/q-2;;;;;;+2. The summed E-state index contributed by atoms with van der Waals surface area (Å²) in [5.74, 6) is 2.21. The predicted octanol–water partition coefficient (Wildman–Crippen LogP) is 10.1. The minimum absolute atomic E-state index is 0.552. The Kier molecular flexibility index (Phi) is 13.5. The Labute approximate surface area is 304 Å². The van der Waals surface area contributed by atoms with E-state index < -0.39 is 0 Å². The minimum atomic E-state index is 0.552. The quantitative estimate of drug-likeness (QED) is 0.143. The first-order valence-electron chi connectivity index (χ1n) is 17.1. The third-order valence-electron chi connectivity index (χ3n) is 7.33. The second-order valence-electron chi connectivity index (χ2n) is 9.67. The van der Waals surface area contributed by atoms with Crippen LogP contribution in [-0.4, -0.2) is 29.9 Å². The van der Waals surface area contributed by atoms with E-state index in [0.29, 0.717) is 45.9 Å². The summed E-state index contributed by atoms with van der Waals surface area (Å²) in [6, 6.07) is 31.8. The monoisotopic (exact) mass is 696 g/mol. The largest absolute Gasteiger partial charge is 0.357 e. The van der Waals surface area contributed by atoms with E-state index in [1.54, 1.807) is 0 Å². The molecule has 0 fully saturated rings. The van der Waals surface area contributed by atoms with Crippen molar-refractivity contribution in [1.82, 2.24) is 39.9 Å². The Morgan fingerprint density at radius 3 is 0.760 bits per heavy atom. The molecule has 9 nitrogen and oxygen atoms in total. The Morgan fingerprint density at radius 1 is 0.340 bits per heavy atom. The van der Waals surface area contributed by atoms with E-state index in [-0.39, 0.29) is 0 Å². The molecule has 4 aromatic carbocycles. The van der Waals surface area contributed by atoms with Gasteiger partial charge in [-0.05, 0) is 21.5 Å². The molecule has 0 aliphatic carbocycles. The van der Waals surface area contributed by atoms with Crippen molar-refractivity contribution >= 4 is 44.1 Å². The predicted molar refractivity (Wildman–Crippen MR) is 200 cm³/mol. The van der Waals surface area contributed by atoms with Crippen LogP contribution >= 0.6 is 0 Å². The molecule has 0 spiro atoms. The molecule has 5 heterocycles. The van der Waals surface area contributed by atoms with Gasteiger partial charge in [-0.2, -0.15) is 0 Å². The molecule has 50 heavy (non-hydrogen) atoms. The van der Waals surface area contributed by atoms with E-state index in [1.807, 2.05) is 152 Å². The van der Waals surface area contributed by atoms with Crippen LogP contribution in [0, 0.1) is 0 Å². The van der Waals surface area contributed by atoms with E-state index in [0.717, 1.165) is 64.2 Å². The van der Waals surface area contributed by atoms with E-state index in [1.165, 1.54) is 0 Å². The summed E-state index contributed by atoms with van der Waals surface area (Å²) < 4.78 is 8.25. The Bertz CT molecular complexity index is 2060. The number of hydrogen-bond acceptors (Lipinski definition) is 7. The Hall–Kier alpha value is -5.25. The summed E-state index contributed by atoms with van der Waals surface area (Å²) in [5, 5.41) is 3.57. The van der Waals surface area contributed by atoms with Gasteiger partial charge in [-0.3, -0.25) is 0 Å². The summed E-state index contributed by atoms with van der Waals surface area (Å²) in [7, 11) is 0. The van der Waals surface area contributed by atoms with Crippen LogP contribution in [0.1, 0.15) is 55.4 Å². The van der Waals surface area contributed by atoms with Crippen molar-refractivity contribution in [3.8, 4) is 45.6 Å². The number of rotatable bonds is 0. The molecule has 8 bridgehead atoms.